The van der Waals surface area contributed by atoms with Gasteiger partial charge >= 0.3 is 0 Å². The molecule has 2 N–H and O–H groups in total. The lowest BCUT2D eigenvalue weighted by Gasteiger charge is -2.23. The molecule has 1 aromatic carbocycles. The molecule has 0 saturated carbocycles. The van der Waals surface area contributed by atoms with Crippen LogP contribution in [0.1, 0.15) is 18.4 Å². The Balaban J connectivity index is 1.91. The van der Waals surface area contributed by atoms with E-state index in [-0.39, 0.29) is 36.0 Å². The summed E-state index contributed by atoms with van der Waals surface area (Å²) in [5.74, 6) is -1.06. The molecule has 1 saturated heterocycles. The SMILES string of the molecule is CNC(=O)C1CCCN1C(=O)CNC(=O)Cc1ccccc1[N+](=O)[O-]. The van der Waals surface area contributed by atoms with Crippen LogP contribution in [0.15, 0.2) is 24.3 Å². The van der Waals surface area contributed by atoms with Crippen LogP contribution in [-0.4, -0.2) is 53.7 Å². The molecule has 0 bridgehead atoms. The van der Waals surface area contributed by atoms with E-state index in [0.29, 0.717) is 13.0 Å². The molecule has 1 heterocycles. The van der Waals surface area contributed by atoms with Gasteiger partial charge in [-0.25, -0.2) is 0 Å². The van der Waals surface area contributed by atoms with Crippen LogP contribution in [-0.2, 0) is 20.8 Å². The van der Waals surface area contributed by atoms with Crippen molar-refractivity contribution in [2.24, 2.45) is 0 Å². The number of nitrogens with zero attached hydrogens (tertiary/aromatic N) is 2. The highest BCUT2D eigenvalue weighted by atomic mass is 16.6. The molecule has 1 aliphatic heterocycles. The first-order chi connectivity index (χ1) is 11.9. The van der Waals surface area contributed by atoms with E-state index in [1.165, 1.54) is 30.1 Å². The second kappa shape index (κ2) is 8.22. The van der Waals surface area contributed by atoms with Crippen molar-refractivity contribution >= 4 is 23.4 Å². The summed E-state index contributed by atoms with van der Waals surface area (Å²) in [5, 5.41) is 15.9. The van der Waals surface area contributed by atoms with Gasteiger partial charge in [0.25, 0.3) is 5.69 Å². The molecular weight excluding hydrogens is 328 g/mol. The second-order valence-electron chi connectivity index (χ2n) is 5.70. The van der Waals surface area contributed by atoms with Crippen LogP contribution < -0.4 is 10.6 Å². The Morgan fingerprint density at radius 1 is 1.32 bits per heavy atom. The number of hydrogen-bond acceptors (Lipinski definition) is 5. The Hall–Kier alpha value is -2.97. The number of para-hydroxylation sites is 1. The lowest BCUT2D eigenvalue weighted by atomic mass is 10.1. The fourth-order valence-electron chi connectivity index (χ4n) is 2.85. The summed E-state index contributed by atoms with van der Waals surface area (Å²) in [6.07, 6.45) is 1.13. The van der Waals surface area contributed by atoms with Crippen molar-refractivity contribution in [3.05, 3.63) is 39.9 Å². The smallest absolute Gasteiger partial charge is 0.273 e. The van der Waals surface area contributed by atoms with Crippen molar-refractivity contribution in [2.45, 2.75) is 25.3 Å². The number of carbonyl (C=O) groups excluding carboxylic acids is 3. The number of benzene rings is 1. The zero-order chi connectivity index (χ0) is 18.4. The standard InChI is InChI=1S/C16H20N4O5/c1-17-16(23)13-7-4-8-19(13)15(22)10-18-14(21)9-11-5-2-3-6-12(11)20(24)25/h2-3,5-6,13H,4,7-10H2,1H3,(H,17,23)(H,18,21). The normalized spacial score (nSPS) is 16.4. The van der Waals surface area contributed by atoms with Gasteiger partial charge in [-0.2, -0.15) is 0 Å². The zero-order valence-electron chi connectivity index (χ0n) is 13.9. The summed E-state index contributed by atoms with van der Waals surface area (Å²) in [7, 11) is 1.51. The number of likely N-dealkylation sites (N-methyl/N-ethyl adjacent to an activating group) is 1. The number of amides is 3. The van der Waals surface area contributed by atoms with Gasteiger partial charge < -0.3 is 15.5 Å². The van der Waals surface area contributed by atoms with Gasteiger partial charge in [0.05, 0.1) is 17.9 Å². The molecule has 2 rings (SSSR count). The van der Waals surface area contributed by atoms with Crippen molar-refractivity contribution in [3.8, 4) is 0 Å². The van der Waals surface area contributed by atoms with Crippen LogP contribution in [0.3, 0.4) is 0 Å². The van der Waals surface area contributed by atoms with E-state index >= 15 is 0 Å². The average Bonchev–Trinajstić information content (AvgIpc) is 3.09. The third-order valence-electron chi connectivity index (χ3n) is 4.10. The molecule has 0 radical (unpaired) electrons. The van der Waals surface area contributed by atoms with E-state index in [9.17, 15) is 24.5 Å². The van der Waals surface area contributed by atoms with Gasteiger partial charge in [0.2, 0.25) is 17.7 Å². The van der Waals surface area contributed by atoms with Crippen molar-refractivity contribution in [3.63, 3.8) is 0 Å². The topological polar surface area (TPSA) is 122 Å². The molecule has 0 aromatic heterocycles. The molecule has 1 fully saturated rings. The monoisotopic (exact) mass is 348 g/mol. The largest absolute Gasteiger partial charge is 0.357 e. The van der Waals surface area contributed by atoms with Crippen LogP contribution in [0.4, 0.5) is 5.69 Å². The first-order valence-corrected chi connectivity index (χ1v) is 7.94. The van der Waals surface area contributed by atoms with Crippen LogP contribution in [0.2, 0.25) is 0 Å². The number of rotatable bonds is 6. The molecule has 3 amide bonds. The number of nitro benzene ring substituents is 1. The summed E-state index contributed by atoms with van der Waals surface area (Å²) in [5.41, 5.74) is 0.144. The minimum absolute atomic E-state index is 0.136. The summed E-state index contributed by atoms with van der Waals surface area (Å²) in [4.78, 5) is 47.8. The van der Waals surface area contributed by atoms with Gasteiger partial charge in [0.1, 0.15) is 6.04 Å². The predicted octanol–water partition coefficient (Wildman–Crippen LogP) is -0.00950. The minimum atomic E-state index is -0.550. The van der Waals surface area contributed by atoms with Gasteiger partial charge in [-0.05, 0) is 12.8 Å². The van der Waals surface area contributed by atoms with Gasteiger partial charge in [0, 0.05) is 25.2 Å². The molecule has 1 aliphatic rings. The first-order valence-electron chi connectivity index (χ1n) is 7.94. The maximum absolute atomic E-state index is 12.2. The van der Waals surface area contributed by atoms with Gasteiger partial charge in [0.15, 0.2) is 0 Å². The third kappa shape index (κ3) is 4.52. The van der Waals surface area contributed by atoms with Gasteiger partial charge in [-0.1, -0.05) is 18.2 Å². The fraction of sp³-hybridized carbons (Fsp3) is 0.438. The number of nitrogens with one attached hydrogen (secondary N) is 2. The summed E-state index contributed by atoms with van der Waals surface area (Å²) in [6.45, 7) is 0.226. The maximum atomic E-state index is 12.2. The third-order valence-corrected chi connectivity index (χ3v) is 4.10. The Bertz CT molecular complexity index is 691. The molecule has 134 valence electrons. The van der Waals surface area contributed by atoms with Crippen LogP contribution in [0, 0.1) is 10.1 Å². The number of carbonyl (C=O) groups is 3. The molecule has 9 heteroatoms. The van der Waals surface area contributed by atoms with Crippen LogP contribution >= 0.6 is 0 Å². The van der Waals surface area contributed by atoms with E-state index in [0.717, 1.165) is 6.42 Å². The highest BCUT2D eigenvalue weighted by molar-refractivity contribution is 5.91. The van der Waals surface area contributed by atoms with Crippen LogP contribution in [0.5, 0.6) is 0 Å². The van der Waals surface area contributed by atoms with Gasteiger partial charge in [-0.15, -0.1) is 0 Å². The summed E-state index contributed by atoms with van der Waals surface area (Å²) < 4.78 is 0. The maximum Gasteiger partial charge on any atom is 0.273 e. The number of hydrogen-bond donors (Lipinski definition) is 2. The van der Waals surface area contributed by atoms with E-state index in [1.54, 1.807) is 6.07 Å². The quantitative estimate of drug-likeness (QED) is 0.553. The van der Waals surface area contributed by atoms with E-state index < -0.39 is 16.9 Å². The van der Waals surface area contributed by atoms with E-state index in [2.05, 4.69) is 10.6 Å². The van der Waals surface area contributed by atoms with E-state index in [4.69, 9.17) is 0 Å². The Morgan fingerprint density at radius 3 is 2.72 bits per heavy atom. The summed E-state index contributed by atoms with van der Waals surface area (Å²) in [6, 6.07) is 5.45. The lowest BCUT2D eigenvalue weighted by molar-refractivity contribution is -0.385. The van der Waals surface area contributed by atoms with Gasteiger partial charge in [-0.3, -0.25) is 24.5 Å². The average molecular weight is 348 g/mol. The molecule has 1 aromatic rings. The molecular formula is C16H20N4O5. The van der Waals surface area contributed by atoms with E-state index in [1.807, 2.05) is 0 Å². The number of nitro groups is 1. The molecule has 25 heavy (non-hydrogen) atoms. The summed E-state index contributed by atoms with van der Waals surface area (Å²) >= 11 is 0. The van der Waals surface area contributed by atoms with Crippen molar-refractivity contribution in [1.82, 2.24) is 15.5 Å². The first kappa shape index (κ1) is 18.4. The predicted molar refractivity (Wildman–Crippen MR) is 88.6 cm³/mol. The zero-order valence-corrected chi connectivity index (χ0v) is 13.9. The molecule has 1 atom stereocenters. The molecule has 1 unspecified atom stereocenters. The molecule has 0 spiro atoms. The van der Waals surface area contributed by atoms with Crippen LogP contribution in [0.25, 0.3) is 0 Å². The Morgan fingerprint density at radius 2 is 2.04 bits per heavy atom. The lowest BCUT2D eigenvalue weighted by Crippen LogP contribution is -2.48. The fourth-order valence-corrected chi connectivity index (χ4v) is 2.85. The minimum Gasteiger partial charge on any atom is -0.357 e. The highest BCUT2D eigenvalue weighted by Crippen LogP contribution is 2.18. The Kier molecular flexibility index (Phi) is 6.04. The van der Waals surface area contributed by atoms with Crippen molar-refractivity contribution in [1.29, 1.82) is 0 Å². The molecule has 0 aliphatic carbocycles. The Labute approximate surface area is 144 Å². The van der Waals surface area contributed by atoms with Crippen molar-refractivity contribution < 1.29 is 19.3 Å². The number of likely N-dealkylation sites (tertiary alicyclic amines) is 1. The second-order valence-corrected chi connectivity index (χ2v) is 5.70. The molecule has 9 nitrogen and oxygen atoms in total. The van der Waals surface area contributed by atoms with Crippen molar-refractivity contribution in [2.75, 3.05) is 20.1 Å². The highest BCUT2D eigenvalue weighted by Gasteiger charge is 2.33.